The summed E-state index contributed by atoms with van der Waals surface area (Å²) in [5.41, 5.74) is 0.464. The van der Waals surface area contributed by atoms with Gasteiger partial charge < -0.3 is 19.5 Å². The lowest BCUT2D eigenvalue weighted by Crippen LogP contribution is -2.43. The van der Waals surface area contributed by atoms with Crippen LogP contribution in [0.2, 0.25) is 0 Å². The fraction of sp³-hybridized carbons (Fsp3) is 0.391. The average Bonchev–Trinajstić information content (AvgIpc) is 2.72. The number of hydrogen-bond donors (Lipinski definition) is 1. The van der Waals surface area contributed by atoms with Gasteiger partial charge in [-0.05, 0) is 44.9 Å². The maximum atomic E-state index is 12.6. The lowest BCUT2D eigenvalue weighted by molar-refractivity contribution is -0.120. The summed E-state index contributed by atoms with van der Waals surface area (Å²) in [7, 11) is 1.48. The number of rotatable bonds is 8. The Hall–Kier alpha value is -3.60. The molecule has 1 aromatic heterocycles. The van der Waals surface area contributed by atoms with E-state index < -0.39 is 17.7 Å². The Morgan fingerprint density at radius 1 is 1.23 bits per heavy atom. The molecular formula is C23H27N3O5. The van der Waals surface area contributed by atoms with E-state index in [1.165, 1.54) is 7.11 Å². The molecule has 0 aliphatic heterocycles. The van der Waals surface area contributed by atoms with E-state index >= 15 is 0 Å². The number of nitriles is 1. The van der Waals surface area contributed by atoms with E-state index in [1.807, 2.05) is 13.0 Å². The van der Waals surface area contributed by atoms with Gasteiger partial charge in [0.25, 0.3) is 0 Å². The number of nitrogens with zero attached hydrogens (tertiary/aromatic N) is 2. The van der Waals surface area contributed by atoms with Crippen LogP contribution in [0.15, 0.2) is 36.5 Å². The van der Waals surface area contributed by atoms with Crippen molar-refractivity contribution in [1.29, 1.82) is 5.26 Å². The van der Waals surface area contributed by atoms with Gasteiger partial charge in [0.15, 0.2) is 5.78 Å². The number of pyridine rings is 1. The van der Waals surface area contributed by atoms with Crippen LogP contribution in [-0.2, 0) is 16.0 Å². The van der Waals surface area contributed by atoms with Gasteiger partial charge in [-0.15, -0.1) is 0 Å². The first-order valence-electron chi connectivity index (χ1n) is 9.88. The first-order valence-corrected chi connectivity index (χ1v) is 9.88. The van der Waals surface area contributed by atoms with Crippen molar-refractivity contribution in [2.45, 2.75) is 52.2 Å². The monoisotopic (exact) mass is 425 g/mol. The van der Waals surface area contributed by atoms with Gasteiger partial charge >= 0.3 is 6.09 Å². The van der Waals surface area contributed by atoms with E-state index in [9.17, 15) is 9.59 Å². The fourth-order valence-corrected chi connectivity index (χ4v) is 2.71. The highest BCUT2D eigenvalue weighted by atomic mass is 16.6. The molecule has 2 aromatic rings. The number of Topliss-reactive ketones (excluding diaryl/α,β-unsaturated/α-hetero) is 1. The SMILES string of the molecule is CC[C@@H](NC(=O)OC(C)(C)C)C(=O)Cc1ccc(Oc2ccc(C#N)c(OC)c2)nc1. The van der Waals surface area contributed by atoms with Crippen LogP contribution in [0.1, 0.15) is 45.2 Å². The lowest BCUT2D eigenvalue weighted by Gasteiger charge is -2.22. The van der Waals surface area contributed by atoms with Crippen LogP contribution in [-0.4, -0.2) is 35.6 Å². The molecule has 0 radical (unpaired) electrons. The standard InChI is InChI=1S/C23H27N3O5/c1-6-18(26-22(28)31-23(2,3)4)19(27)11-15-7-10-21(25-14-15)30-17-9-8-16(13-24)20(12-17)29-5/h7-10,12,14,18H,6,11H2,1-5H3,(H,26,28)/t18-/m1/s1. The minimum Gasteiger partial charge on any atom is -0.495 e. The lowest BCUT2D eigenvalue weighted by atomic mass is 10.0. The third kappa shape index (κ3) is 7.30. The smallest absolute Gasteiger partial charge is 0.408 e. The summed E-state index contributed by atoms with van der Waals surface area (Å²) in [5.74, 6) is 1.08. The fourth-order valence-electron chi connectivity index (χ4n) is 2.71. The largest absolute Gasteiger partial charge is 0.495 e. The molecule has 0 aliphatic carbocycles. The van der Waals surface area contributed by atoms with Crippen LogP contribution in [0.25, 0.3) is 0 Å². The second-order valence-corrected chi connectivity index (χ2v) is 7.83. The molecule has 8 nitrogen and oxygen atoms in total. The molecule has 1 amide bonds. The molecule has 1 heterocycles. The topological polar surface area (TPSA) is 111 Å². The number of alkyl carbamates (subject to hydrolysis) is 1. The van der Waals surface area contributed by atoms with Crippen LogP contribution < -0.4 is 14.8 Å². The van der Waals surface area contributed by atoms with Gasteiger partial charge in [0.05, 0.1) is 18.7 Å². The molecule has 0 saturated heterocycles. The van der Waals surface area contributed by atoms with Crippen molar-refractivity contribution < 1.29 is 23.8 Å². The molecule has 0 saturated carbocycles. The van der Waals surface area contributed by atoms with Crippen molar-refractivity contribution in [2.75, 3.05) is 7.11 Å². The average molecular weight is 425 g/mol. The highest BCUT2D eigenvalue weighted by Gasteiger charge is 2.23. The summed E-state index contributed by atoms with van der Waals surface area (Å²) in [6, 6.07) is 9.63. The van der Waals surface area contributed by atoms with Gasteiger partial charge in [-0.1, -0.05) is 13.0 Å². The number of nitrogens with one attached hydrogen (secondary N) is 1. The van der Waals surface area contributed by atoms with E-state index in [-0.39, 0.29) is 12.2 Å². The van der Waals surface area contributed by atoms with Gasteiger partial charge in [0, 0.05) is 24.8 Å². The molecule has 1 aromatic carbocycles. The summed E-state index contributed by atoms with van der Waals surface area (Å²) in [6.07, 6.45) is 1.50. The van der Waals surface area contributed by atoms with Gasteiger partial charge in [0.2, 0.25) is 5.88 Å². The summed E-state index contributed by atoms with van der Waals surface area (Å²) in [4.78, 5) is 28.8. The quantitative estimate of drug-likeness (QED) is 0.676. The number of ether oxygens (including phenoxy) is 3. The van der Waals surface area contributed by atoms with Crippen LogP contribution >= 0.6 is 0 Å². The molecule has 1 atom stereocenters. The van der Waals surface area contributed by atoms with Crippen molar-refractivity contribution in [3.8, 4) is 23.4 Å². The van der Waals surface area contributed by atoms with Gasteiger partial charge in [-0.3, -0.25) is 4.79 Å². The minimum atomic E-state index is -0.642. The number of methoxy groups -OCH3 is 1. The highest BCUT2D eigenvalue weighted by Crippen LogP contribution is 2.27. The maximum absolute atomic E-state index is 12.6. The first kappa shape index (κ1) is 23.7. The van der Waals surface area contributed by atoms with E-state index in [4.69, 9.17) is 19.5 Å². The van der Waals surface area contributed by atoms with Crippen molar-refractivity contribution in [1.82, 2.24) is 10.3 Å². The summed E-state index contributed by atoms with van der Waals surface area (Å²) >= 11 is 0. The molecule has 0 aliphatic rings. The molecule has 0 unspecified atom stereocenters. The normalized spacial score (nSPS) is 11.7. The molecule has 31 heavy (non-hydrogen) atoms. The predicted molar refractivity (Wildman–Crippen MR) is 114 cm³/mol. The highest BCUT2D eigenvalue weighted by molar-refractivity contribution is 5.89. The van der Waals surface area contributed by atoms with Crippen molar-refractivity contribution in [3.63, 3.8) is 0 Å². The molecule has 164 valence electrons. The van der Waals surface area contributed by atoms with Crippen LogP contribution in [0.4, 0.5) is 4.79 Å². The van der Waals surface area contributed by atoms with Crippen LogP contribution in [0.5, 0.6) is 17.4 Å². The summed E-state index contributed by atoms with van der Waals surface area (Å²) < 4.78 is 16.1. The number of carbonyl (C=O) groups excluding carboxylic acids is 2. The predicted octanol–water partition coefficient (Wildman–Crippen LogP) is 4.17. The number of amides is 1. The summed E-state index contributed by atoms with van der Waals surface area (Å²) in [5, 5.41) is 11.7. The molecule has 1 N–H and O–H groups in total. The van der Waals surface area contributed by atoms with E-state index in [0.717, 1.165) is 0 Å². The van der Waals surface area contributed by atoms with Crippen LogP contribution in [0, 0.1) is 11.3 Å². The van der Waals surface area contributed by atoms with Crippen molar-refractivity contribution in [2.24, 2.45) is 0 Å². The molecule has 2 rings (SSSR count). The Morgan fingerprint density at radius 3 is 2.52 bits per heavy atom. The third-order valence-electron chi connectivity index (χ3n) is 4.18. The zero-order valence-corrected chi connectivity index (χ0v) is 18.4. The van der Waals surface area contributed by atoms with Gasteiger partial charge in [0.1, 0.15) is 23.2 Å². The number of ketones is 1. The van der Waals surface area contributed by atoms with Crippen LogP contribution in [0.3, 0.4) is 0 Å². The molecule has 0 spiro atoms. The number of benzene rings is 1. The molecule has 8 heteroatoms. The molecule has 0 bridgehead atoms. The number of aromatic nitrogens is 1. The first-order chi connectivity index (χ1) is 14.6. The second-order valence-electron chi connectivity index (χ2n) is 7.83. The number of hydrogen-bond acceptors (Lipinski definition) is 7. The van der Waals surface area contributed by atoms with E-state index in [2.05, 4.69) is 10.3 Å². The van der Waals surface area contributed by atoms with Crippen molar-refractivity contribution in [3.05, 3.63) is 47.7 Å². The Balaban J connectivity index is 1.99. The maximum Gasteiger partial charge on any atom is 0.408 e. The zero-order chi connectivity index (χ0) is 23.0. The van der Waals surface area contributed by atoms with E-state index in [0.29, 0.717) is 34.9 Å². The van der Waals surface area contributed by atoms with Gasteiger partial charge in [-0.2, -0.15) is 5.26 Å². The Kier molecular flexibility index (Phi) is 7.97. The minimum absolute atomic E-state index is 0.117. The third-order valence-corrected chi connectivity index (χ3v) is 4.18. The Labute approximate surface area is 182 Å². The van der Waals surface area contributed by atoms with Gasteiger partial charge in [-0.25, -0.2) is 9.78 Å². The zero-order valence-electron chi connectivity index (χ0n) is 18.4. The van der Waals surface area contributed by atoms with E-state index in [1.54, 1.807) is 57.3 Å². The molecule has 0 fully saturated rings. The summed E-state index contributed by atoms with van der Waals surface area (Å²) in [6.45, 7) is 7.11. The number of carbonyl (C=O) groups is 2. The van der Waals surface area contributed by atoms with Crippen molar-refractivity contribution >= 4 is 11.9 Å². The Bertz CT molecular complexity index is 959. The molecular weight excluding hydrogens is 398 g/mol. The second kappa shape index (κ2) is 10.4. The Morgan fingerprint density at radius 2 is 1.97 bits per heavy atom.